The van der Waals surface area contributed by atoms with E-state index in [9.17, 15) is 4.79 Å². The lowest BCUT2D eigenvalue weighted by atomic mass is 9.95. The number of nitrogens with one attached hydrogen (secondary N) is 1. The number of carbonyl (C=O) groups is 1. The zero-order chi connectivity index (χ0) is 19.6. The molecule has 0 aliphatic heterocycles. The molecule has 1 aromatic carbocycles. The topological polar surface area (TPSA) is 76.7 Å². The number of thioether (sulfide) groups is 1. The van der Waals surface area contributed by atoms with E-state index in [2.05, 4.69) is 19.7 Å². The third kappa shape index (κ3) is 3.51. The van der Waals surface area contributed by atoms with Gasteiger partial charge in [0, 0.05) is 28.7 Å². The summed E-state index contributed by atoms with van der Waals surface area (Å²) >= 11 is 1.46. The number of furan rings is 1. The van der Waals surface area contributed by atoms with E-state index in [0.717, 1.165) is 46.0 Å². The van der Waals surface area contributed by atoms with Gasteiger partial charge >= 0.3 is 0 Å². The third-order valence-electron chi connectivity index (χ3n) is 5.57. The van der Waals surface area contributed by atoms with Gasteiger partial charge < -0.3 is 9.40 Å². The molecule has 0 atom stereocenters. The number of aromatic nitrogens is 4. The van der Waals surface area contributed by atoms with Crippen molar-refractivity contribution < 1.29 is 9.21 Å². The maximum absolute atomic E-state index is 12.9. The van der Waals surface area contributed by atoms with Gasteiger partial charge in [-0.25, -0.2) is 0 Å². The van der Waals surface area contributed by atoms with Crippen LogP contribution in [0.15, 0.2) is 58.4 Å². The van der Waals surface area contributed by atoms with Crippen molar-refractivity contribution in [1.82, 2.24) is 19.7 Å². The molecule has 1 saturated carbocycles. The Balaban J connectivity index is 1.41. The van der Waals surface area contributed by atoms with Gasteiger partial charge in [0.2, 0.25) is 5.82 Å². The molecule has 0 unspecified atom stereocenters. The van der Waals surface area contributed by atoms with Crippen molar-refractivity contribution >= 4 is 28.4 Å². The molecule has 4 aromatic rings. The number of ketones is 1. The lowest BCUT2D eigenvalue weighted by Gasteiger charge is -2.25. The van der Waals surface area contributed by atoms with Crippen molar-refractivity contribution in [1.29, 1.82) is 0 Å². The van der Waals surface area contributed by atoms with Crippen LogP contribution in [0.5, 0.6) is 0 Å². The molecule has 29 heavy (non-hydrogen) atoms. The number of aromatic amines is 1. The van der Waals surface area contributed by atoms with Crippen molar-refractivity contribution in [2.75, 3.05) is 5.75 Å². The van der Waals surface area contributed by atoms with Gasteiger partial charge in [0.05, 0.1) is 12.0 Å². The lowest BCUT2D eigenvalue weighted by molar-refractivity contribution is 0.102. The van der Waals surface area contributed by atoms with Crippen LogP contribution in [0.1, 0.15) is 48.5 Å². The van der Waals surface area contributed by atoms with Crippen LogP contribution < -0.4 is 0 Å². The van der Waals surface area contributed by atoms with Gasteiger partial charge in [0.25, 0.3) is 0 Å². The summed E-state index contributed by atoms with van der Waals surface area (Å²) in [5, 5.41) is 10.6. The second-order valence-corrected chi connectivity index (χ2v) is 8.35. The van der Waals surface area contributed by atoms with Crippen LogP contribution in [-0.2, 0) is 0 Å². The summed E-state index contributed by atoms with van der Waals surface area (Å²) in [5.74, 6) is 1.89. The first kappa shape index (κ1) is 18.2. The highest BCUT2D eigenvalue weighted by Gasteiger charge is 2.25. The molecule has 6 nitrogen and oxygen atoms in total. The number of hydrogen-bond acceptors (Lipinski definition) is 5. The summed E-state index contributed by atoms with van der Waals surface area (Å²) in [6, 6.07) is 12.0. The standard InChI is InChI=1S/C22H22N4O2S/c27-19(17-13-23-18-10-5-4-9-16(17)18)14-29-22-25-24-21(20-11-6-12-28-20)26(22)15-7-2-1-3-8-15/h4-6,9-13,15,23H,1-3,7-8,14H2. The summed E-state index contributed by atoms with van der Waals surface area (Å²) < 4.78 is 7.78. The van der Waals surface area contributed by atoms with E-state index in [1.165, 1.54) is 31.0 Å². The zero-order valence-corrected chi connectivity index (χ0v) is 16.8. The van der Waals surface area contributed by atoms with Crippen LogP contribution in [0, 0.1) is 0 Å². The highest BCUT2D eigenvalue weighted by Crippen LogP contribution is 2.36. The number of nitrogens with zero attached hydrogens (tertiary/aromatic N) is 3. The predicted molar refractivity (Wildman–Crippen MR) is 113 cm³/mol. The molecule has 148 valence electrons. The number of rotatable bonds is 6. The number of Topliss-reactive ketones (excluding diaryl/α,β-unsaturated/α-hetero) is 1. The maximum Gasteiger partial charge on any atom is 0.200 e. The Morgan fingerprint density at radius 3 is 2.83 bits per heavy atom. The number of para-hydroxylation sites is 1. The fraction of sp³-hybridized carbons (Fsp3) is 0.318. The molecule has 1 N–H and O–H groups in total. The van der Waals surface area contributed by atoms with E-state index in [-0.39, 0.29) is 5.78 Å². The summed E-state index contributed by atoms with van der Waals surface area (Å²) in [7, 11) is 0. The first-order valence-corrected chi connectivity index (χ1v) is 11.0. The molecular formula is C22H22N4O2S. The van der Waals surface area contributed by atoms with Gasteiger partial charge in [-0.2, -0.15) is 0 Å². The Hall–Kier alpha value is -2.80. The van der Waals surface area contributed by atoms with Gasteiger partial charge in [-0.15, -0.1) is 10.2 Å². The van der Waals surface area contributed by atoms with Crippen LogP contribution in [0.2, 0.25) is 0 Å². The van der Waals surface area contributed by atoms with Crippen molar-refractivity contribution in [3.63, 3.8) is 0 Å². The van der Waals surface area contributed by atoms with Crippen LogP contribution in [0.3, 0.4) is 0 Å². The normalized spacial score (nSPS) is 15.2. The molecule has 3 heterocycles. The fourth-order valence-electron chi connectivity index (χ4n) is 4.13. The van der Waals surface area contributed by atoms with Crippen molar-refractivity contribution in [2.45, 2.75) is 43.3 Å². The molecule has 7 heteroatoms. The Bertz CT molecular complexity index is 1120. The van der Waals surface area contributed by atoms with Crippen molar-refractivity contribution in [2.24, 2.45) is 0 Å². The van der Waals surface area contributed by atoms with E-state index in [4.69, 9.17) is 4.42 Å². The van der Waals surface area contributed by atoms with Crippen LogP contribution in [0.25, 0.3) is 22.5 Å². The smallest absolute Gasteiger partial charge is 0.200 e. The molecule has 0 amide bonds. The molecule has 0 saturated heterocycles. The first-order chi connectivity index (χ1) is 14.3. The highest BCUT2D eigenvalue weighted by molar-refractivity contribution is 7.99. The molecular weight excluding hydrogens is 384 g/mol. The molecule has 3 aromatic heterocycles. The predicted octanol–water partition coefficient (Wildman–Crippen LogP) is 5.50. The molecule has 0 bridgehead atoms. The van der Waals surface area contributed by atoms with Crippen molar-refractivity contribution in [3.05, 3.63) is 54.4 Å². The molecule has 1 fully saturated rings. The number of benzene rings is 1. The van der Waals surface area contributed by atoms with Gasteiger partial charge in [0.1, 0.15) is 0 Å². The number of H-pyrrole nitrogens is 1. The summed E-state index contributed by atoms with van der Waals surface area (Å²) in [6.45, 7) is 0. The lowest BCUT2D eigenvalue weighted by Crippen LogP contribution is -2.15. The molecule has 0 radical (unpaired) electrons. The average Bonchev–Trinajstić information content (AvgIpc) is 3.51. The van der Waals surface area contributed by atoms with Gasteiger partial charge in [-0.1, -0.05) is 49.2 Å². The van der Waals surface area contributed by atoms with Crippen LogP contribution in [0.4, 0.5) is 0 Å². The van der Waals surface area contributed by atoms with E-state index < -0.39 is 0 Å². The number of carbonyl (C=O) groups excluding carboxylic acids is 1. The minimum absolute atomic E-state index is 0.0881. The second-order valence-electron chi connectivity index (χ2n) is 7.41. The molecule has 0 spiro atoms. The number of hydrogen-bond donors (Lipinski definition) is 1. The third-order valence-corrected chi connectivity index (χ3v) is 6.51. The highest BCUT2D eigenvalue weighted by atomic mass is 32.2. The Morgan fingerprint density at radius 1 is 1.14 bits per heavy atom. The number of fused-ring (bicyclic) bond motifs is 1. The van der Waals surface area contributed by atoms with Gasteiger partial charge in [-0.3, -0.25) is 9.36 Å². The summed E-state index contributed by atoms with van der Waals surface area (Å²) in [4.78, 5) is 16.1. The van der Waals surface area contributed by atoms with Gasteiger partial charge in [0.15, 0.2) is 16.7 Å². The second kappa shape index (κ2) is 7.91. The largest absolute Gasteiger partial charge is 0.461 e. The van der Waals surface area contributed by atoms with Crippen LogP contribution >= 0.6 is 11.8 Å². The van der Waals surface area contributed by atoms with E-state index >= 15 is 0 Å². The quantitative estimate of drug-likeness (QED) is 0.338. The first-order valence-electron chi connectivity index (χ1n) is 10.0. The Labute approximate surface area is 172 Å². The van der Waals surface area contributed by atoms with Gasteiger partial charge in [-0.05, 0) is 31.0 Å². The minimum Gasteiger partial charge on any atom is -0.461 e. The molecule has 1 aliphatic rings. The van der Waals surface area contributed by atoms with E-state index in [1.807, 2.05) is 36.4 Å². The van der Waals surface area contributed by atoms with Crippen molar-refractivity contribution in [3.8, 4) is 11.6 Å². The van der Waals surface area contributed by atoms with Crippen LogP contribution in [-0.4, -0.2) is 31.3 Å². The SMILES string of the molecule is O=C(CSc1nnc(-c2ccco2)n1C1CCCCC1)c1c[nH]c2ccccc12. The maximum atomic E-state index is 12.9. The summed E-state index contributed by atoms with van der Waals surface area (Å²) in [6.07, 6.45) is 9.36. The Morgan fingerprint density at radius 2 is 2.00 bits per heavy atom. The molecule has 5 rings (SSSR count). The minimum atomic E-state index is 0.0881. The Kier molecular flexibility index (Phi) is 4.97. The fourth-order valence-corrected chi connectivity index (χ4v) is 5.02. The monoisotopic (exact) mass is 406 g/mol. The van der Waals surface area contributed by atoms with E-state index in [0.29, 0.717) is 11.8 Å². The zero-order valence-electron chi connectivity index (χ0n) is 16.0. The molecule has 1 aliphatic carbocycles. The summed E-state index contributed by atoms with van der Waals surface area (Å²) in [5.41, 5.74) is 1.70. The van der Waals surface area contributed by atoms with E-state index in [1.54, 1.807) is 12.5 Å². The average molecular weight is 407 g/mol.